The highest BCUT2D eigenvalue weighted by Gasteiger charge is 2.73. The molecule has 27 heavy (non-hydrogen) atoms. The molecule has 2 heteroatoms. The summed E-state index contributed by atoms with van der Waals surface area (Å²) in [6, 6.07) is 21.8. The summed E-state index contributed by atoms with van der Waals surface area (Å²) >= 11 is 0. The zero-order valence-corrected chi connectivity index (χ0v) is 16.7. The van der Waals surface area contributed by atoms with Gasteiger partial charge in [-0.05, 0) is 25.3 Å². The Morgan fingerprint density at radius 1 is 0.889 bits per heavy atom. The highest BCUT2D eigenvalue weighted by atomic mass is 16.5. The molecule has 0 aromatic heterocycles. The van der Waals surface area contributed by atoms with Crippen molar-refractivity contribution in [3.05, 3.63) is 71.8 Å². The van der Waals surface area contributed by atoms with Crippen LogP contribution in [-0.2, 0) is 17.9 Å². The fourth-order valence-corrected chi connectivity index (χ4v) is 7.14. The summed E-state index contributed by atoms with van der Waals surface area (Å²) in [5.41, 5.74) is 3.17. The average Bonchev–Trinajstić information content (AvgIpc) is 3.23. The molecule has 0 bridgehead atoms. The van der Waals surface area contributed by atoms with Crippen LogP contribution in [0.1, 0.15) is 37.8 Å². The smallest absolute Gasteiger partial charge is 0.116 e. The molecular formula is C25H32NO+. The molecule has 2 heterocycles. The molecule has 1 saturated carbocycles. The van der Waals surface area contributed by atoms with Crippen molar-refractivity contribution in [3.8, 4) is 0 Å². The summed E-state index contributed by atoms with van der Waals surface area (Å²) in [6.07, 6.45) is 3.14. The van der Waals surface area contributed by atoms with Gasteiger partial charge in [0.1, 0.15) is 24.7 Å². The van der Waals surface area contributed by atoms with Gasteiger partial charge in [-0.25, -0.2) is 0 Å². The Kier molecular flexibility index (Phi) is 4.18. The van der Waals surface area contributed by atoms with E-state index >= 15 is 0 Å². The van der Waals surface area contributed by atoms with E-state index < -0.39 is 0 Å². The molecule has 3 aliphatic rings. The third-order valence-electron chi connectivity index (χ3n) is 8.25. The van der Waals surface area contributed by atoms with Crippen LogP contribution in [0.5, 0.6) is 0 Å². The number of rotatable bonds is 5. The van der Waals surface area contributed by atoms with Crippen molar-refractivity contribution in [2.75, 3.05) is 13.1 Å². The molecule has 142 valence electrons. The van der Waals surface area contributed by atoms with E-state index in [0.29, 0.717) is 17.6 Å². The van der Waals surface area contributed by atoms with E-state index in [1.807, 2.05) is 0 Å². The lowest BCUT2D eigenvalue weighted by Crippen LogP contribution is -2.57. The lowest BCUT2D eigenvalue weighted by Gasteiger charge is -2.43. The average molecular weight is 363 g/mol. The Morgan fingerprint density at radius 2 is 1.52 bits per heavy atom. The molecule has 0 spiro atoms. The molecular weight excluding hydrogens is 330 g/mol. The Hall–Kier alpha value is -1.64. The number of hydrogen-bond donors (Lipinski definition) is 0. The number of ether oxygens (including phenoxy) is 1. The van der Waals surface area contributed by atoms with Crippen molar-refractivity contribution in [1.82, 2.24) is 0 Å². The molecule has 0 amide bonds. The molecule has 2 saturated heterocycles. The quantitative estimate of drug-likeness (QED) is 0.677. The SMILES string of the molecule is C[C@@H]1C[N@@+]2(Cc3ccccc3)C[C@@H](OCc3ccccc3)[C@H]3CC[C@@H]1[C@]32C. The van der Waals surface area contributed by atoms with Crippen LogP contribution in [0.15, 0.2) is 60.7 Å². The maximum atomic E-state index is 6.60. The summed E-state index contributed by atoms with van der Waals surface area (Å²) in [5, 5.41) is 0. The van der Waals surface area contributed by atoms with Crippen molar-refractivity contribution < 1.29 is 9.22 Å². The molecule has 0 radical (unpaired) electrons. The number of hydrogen-bond acceptors (Lipinski definition) is 1. The van der Waals surface area contributed by atoms with Gasteiger partial charge in [-0.15, -0.1) is 0 Å². The molecule has 0 unspecified atom stereocenters. The topological polar surface area (TPSA) is 9.23 Å². The maximum Gasteiger partial charge on any atom is 0.116 e. The van der Waals surface area contributed by atoms with Crippen molar-refractivity contribution in [2.24, 2.45) is 17.8 Å². The fourth-order valence-electron chi connectivity index (χ4n) is 7.14. The Bertz CT molecular complexity index is 790. The minimum absolute atomic E-state index is 0.386. The van der Waals surface area contributed by atoms with E-state index in [1.54, 1.807) is 0 Å². The summed E-state index contributed by atoms with van der Waals surface area (Å²) in [5.74, 6) is 2.40. The van der Waals surface area contributed by atoms with Crippen molar-refractivity contribution >= 4 is 0 Å². The second kappa shape index (κ2) is 6.46. The van der Waals surface area contributed by atoms with E-state index in [2.05, 4.69) is 74.5 Å². The fraction of sp³-hybridized carbons (Fsp3) is 0.520. The van der Waals surface area contributed by atoms with Crippen LogP contribution in [0.2, 0.25) is 0 Å². The largest absolute Gasteiger partial charge is 0.367 e. The van der Waals surface area contributed by atoms with Crippen LogP contribution in [0.3, 0.4) is 0 Å². The van der Waals surface area contributed by atoms with Gasteiger partial charge < -0.3 is 9.22 Å². The minimum atomic E-state index is 0.386. The first-order chi connectivity index (χ1) is 13.1. The predicted octanol–water partition coefficient (Wildman–Crippen LogP) is 5.04. The minimum Gasteiger partial charge on any atom is -0.367 e. The molecule has 1 aliphatic carbocycles. The highest BCUT2D eigenvalue weighted by molar-refractivity contribution is 5.17. The monoisotopic (exact) mass is 362 g/mol. The Labute approximate surface area is 163 Å². The van der Waals surface area contributed by atoms with Crippen LogP contribution in [0, 0.1) is 17.8 Å². The van der Waals surface area contributed by atoms with E-state index in [-0.39, 0.29) is 0 Å². The van der Waals surface area contributed by atoms with E-state index in [0.717, 1.165) is 18.4 Å². The van der Waals surface area contributed by atoms with Gasteiger partial charge in [0.2, 0.25) is 0 Å². The Balaban J connectivity index is 1.43. The number of benzene rings is 2. The van der Waals surface area contributed by atoms with Crippen LogP contribution >= 0.6 is 0 Å². The summed E-state index contributed by atoms with van der Waals surface area (Å²) < 4.78 is 7.85. The van der Waals surface area contributed by atoms with Gasteiger partial charge in [0.05, 0.1) is 13.2 Å². The molecule has 2 aliphatic heterocycles. The standard InChI is InChI=1S/C25H32NO/c1-19-15-26(16-20-9-5-3-6-10-20)17-24(23-14-13-22(19)25(23,26)2)27-18-21-11-7-4-8-12-21/h3-12,19,22-24H,13-18H2,1-2H3/q+1/t19-,22+,23-,24-,25-,26-/m1/s1. The first kappa shape index (κ1) is 17.5. The second-order valence-electron chi connectivity index (χ2n) is 9.48. The van der Waals surface area contributed by atoms with Gasteiger partial charge in [0.15, 0.2) is 0 Å². The molecule has 5 rings (SSSR count). The molecule has 2 aromatic carbocycles. The second-order valence-corrected chi connectivity index (χ2v) is 9.48. The van der Waals surface area contributed by atoms with Crippen LogP contribution in [0.4, 0.5) is 0 Å². The molecule has 2 nitrogen and oxygen atoms in total. The van der Waals surface area contributed by atoms with Crippen molar-refractivity contribution in [3.63, 3.8) is 0 Å². The molecule has 0 N–H and O–H groups in total. The summed E-state index contributed by atoms with van der Waals surface area (Å²) in [4.78, 5) is 0. The van der Waals surface area contributed by atoms with Crippen LogP contribution in [-0.4, -0.2) is 29.2 Å². The maximum absolute atomic E-state index is 6.60. The zero-order chi connectivity index (χ0) is 18.5. The Morgan fingerprint density at radius 3 is 2.22 bits per heavy atom. The third-order valence-corrected chi connectivity index (χ3v) is 8.25. The third kappa shape index (κ3) is 2.61. The lowest BCUT2D eigenvalue weighted by atomic mass is 9.80. The highest BCUT2D eigenvalue weighted by Crippen LogP contribution is 2.62. The van der Waals surface area contributed by atoms with Crippen molar-refractivity contribution in [2.45, 2.75) is 51.5 Å². The van der Waals surface area contributed by atoms with Crippen molar-refractivity contribution in [1.29, 1.82) is 0 Å². The molecule has 6 atom stereocenters. The number of quaternary nitrogens is 1. The molecule has 2 aromatic rings. The van der Waals surface area contributed by atoms with Gasteiger partial charge in [-0.2, -0.15) is 0 Å². The van der Waals surface area contributed by atoms with Gasteiger partial charge in [0.25, 0.3) is 0 Å². The number of nitrogens with zero attached hydrogens (tertiary/aromatic N) is 1. The first-order valence-corrected chi connectivity index (χ1v) is 10.7. The normalized spacial score (nSPS) is 39.6. The van der Waals surface area contributed by atoms with Crippen LogP contribution < -0.4 is 0 Å². The zero-order valence-electron chi connectivity index (χ0n) is 16.7. The predicted molar refractivity (Wildman–Crippen MR) is 109 cm³/mol. The van der Waals surface area contributed by atoms with Crippen LogP contribution in [0.25, 0.3) is 0 Å². The molecule has 3 fully saturated rings. The van der Waals surface area contributed by atoms with Gasteiger partial charge in [0, 0.05) is 23.3 Å². The summed E-state index contributed by atoms with van der Waals surface area (Å²) in [7, 11) is 0. The van der Waals surface area contributed by atoms with Gasteiger partial charge in [-0.3, -0.25) is 0 Å². The van der Waals surface area contributed by atoms with E-state index in [1.165, 1.54) is 48.1 Å². The summed E-state index contributed by atoms with van der Waals surface area (Å²) in [6.45, 7) is 9.53. The van der Waals surface area contributed by atoms with E-state index in [4.69, 9.17) is 4.74 Å². The van der Waals surface area contributed by atoms with Gasteiger partial charge >= 0.3 is 0 Å². The lowest BCUT2D eigenvalue weighted by molar-refractivity contribution is -0.967. The van der Waals surface area contributed by atoms with Gasteiger partial charge in [-0.1, -0.05) is 67.6 Å². The van der Waals surface area contributed by atoms with E-state index in [9.17, 15) is 0 Å². The first-order valence-electron chi connectivity index (χ1n) is 10.7.